The molecule has 5 nitrogen and oxygen atoms in total. The number of guanidine groups is 1. The molecule has 1 atom stereocenters. The number of halogens is 1. The molecule has 1 aliphatic rings. The van der Waals surface area contributed by atoms with Crippen molar-refractivity contribution in [3.05, 3.63) is 10.0 Å². The zero-order chi connectivity index (χ0) is 14.0. The molecule has 1 aromatic heterocycles. The Balaban J connectivity index is 0.00000200. The van der Waals surface area contributed by atoms with Crippen molar-refractivity contribution in [2.45, 2.75) is 52.6 Å². The van der Waals surface area contributed by atoms with Crippen molar-refractivity contribution < 1.29 is 0 Å². The molecule has 0 aromatic carbocycles. The number of aliphatic imine (C=N–C) groups is 1. The van der Waals surface area contributed by atoms with Crippen LogP contribution in [0, 0.1) is 5.41 Å². The summed E-state index contributed by atoms with van der Waals surface area (Å²) in [5, 5.41) is 17.2. The number of aromatic nitrogens is 2. The molecule has 0 amide bonds. The molecule has 114 valence electrons. The summed E-state index contributed by atoms with van der Waals surface area (Å²) in [7, 11) is 1.80. The zero-order valence-corrected chi connectivity index (χ0v) is 15.9. The van der Waals surface area contributed by atoms with Crippen LogP contribution in [-0.4, -0.2) is 29.2 Å². The number of nitrogens with zero attached hydrogens (tertiary/aromatic N) is 3. The second-order valence-corrected chi connectivity index (χ2v) is 7.10. The summed E-state index contributed by atoms with van der Waals surface area (Å²) in [6.45, 7) is 9.47. The lowest BCUT2D eigenvalue weighted by Crippen LogP contribution is -2.39. The fourth-order valence-electron chi connectivity index (χ4n) is 1.80. The molecule has 1 aromatic rings. The van der Waals surface area contributed by atoms with Gasteiger partial charge >= 0.3 is 0 Å². The van der Waals surface area contributed by atoms with Gasteiger partial charge in [0.2, 0.25) is 0 Å². The molecule has 1 heterocycles. The van der Waals surface area contributed by atoms with E-state index in [-0.39, 0.29) is 24.0 Å². The molecule has 0 saturated heterocycles. The van der Waals surface area contributed by atoms with E-state index in [2.05, 4.69) is 53.5 Å². The normalized spacial score (nSPS) is 20.5. The first-order chi connectivity index (χ1) is 8.92. The fraction of sp³-hybridized carbons (Fsp3) is 0.769. The van der Waals surface area contributed by atoms with Crippen LogP contribution < -0.4 is 10.6 Å². The van der Waals surface area contributed by atoms with Gasteiger partial charge in [-0.15, -0.1) is 34.2 Å². The average molecular weight is 409 g/mol. The molecule has 1 saturated carbocycles. The first-order valence-corrected chi connectivity index (χ1v) is 7.53. The number of hydrogen-bond donors (Lipinski definition) is 2. The van der Waals surface area contributed by atoms with Crippen LogP contribution in [0.2, 0.25) is 0 Å². The maximum atomic E-state index is 4.24. The van der Waals surface area contributed by atoms with Crippen LogP contribution >= 0.6 is 35.3 Å². The summed E-state index contributed by atoms with van der Waals surface area (Å²) < 4.78 is 0. The van der Waals surface area contributed by atoms with Gasteiger partial charge in [0.05, 0.1) is 6.54 Å². The van der Waals surface area contributed by atoms with Gasteiger partial charge in [-0.05, 0) is 11.8 Å². The van der Waals surface area contributed by atoms with Crippen LogP contribution in [0.25, 0.3) is 0 Å². The van der Waals surface area contributed by atoms with Gasteiger partial charge in [0, 0.05) is 19.0 Å². The predicted octanol–water partition coefficient (Wildman–Crippen LogP) is 2.74. The third kappa shape index (κ3) is 4.54. The molecule has 0 radical (unpaired) electrons. The Labute approximate surface area is 142 Å². The van der Waals surface area contributed by atoms with E-state index in [9.17, 15) is 0 Å². The summed E-state index contributed by atoms with van der Waals surface area (Å²) in [6, 6.07) is 0.527. The summed E-state index contributed by atoms with van der Waals surface area (Å²) in [5.41, 5.74) is 0.394. The molecule has 1 unspecified atom stereocenters. The van der Waals surface area contributed by atoms with Crippen LogP contribution in [0.1, 0.15) is 50.0 Å². The van der Waals surface area contributed by atoms with Gasteiger partial charge < -0.3 is 10.6 Å². The molecule has 1 aliphatic carbocycles. The summed E-state index contributed by atoms with van der Waals surface area (Å²) >= 11 is 1.66. The van der Waals surface area contributed by atoms with E-state index >= 15 is 0 Å². The largest absolute Gasteiger partial charge is 0.353 e. The maximum Gasteiger partial charge on any atom is 0.191 e. The van der Waals surface area contributed by atoms with E-state index in [1.807, 2.05) is 0 Å². The summed E-state index contributed by atoms with van der Waals surface area (Å²) in [4.78, 5) is 4.24. The van der Waals surface area contributed by atoms with Gasteiger partial charge in [-0.1, -0.05) is 39.0 Å². The van der Waals surface area contributed by atoms with Gasteiger partial charge in [0.25, 0.3) is 0 Å². The molecule has 1 fully saturated rings. The molecular formula is C13H24IN5S. The van der Waals surface area contributed by atoms with Crippen molar-refractivity contribution in [2.24, 2.45) is 10.4 Å². The van der Waals surface area contributed by atoms with Crippen molar-refractivity contribution in [1.29, 1.82) is 0 Å². The third-order valence-corrected chi connectivity index (χ3v) is 4.66. The minimum absolute atomic E-state index is 0. The highest BCUT2D eigenvalue weighted by Gasteiger charge is 2.46. The molecular weight excluding hydrogens is 385 g/mol. The van der Waals surface area contributed by atoms with Crippen molar-refractivity contribution in [1.82, 2.24) is 20.8 Å². The maximum absolute atomic E-state index is 4.24. The number of hydrogen-bond acceptors (Lipinski definition) is 4. The highest BCUT2D eigenvalue weighted by atomic mass is 127. The summed E-state index contributed by atoms with van der Waals surface area (Å²) in [5.74, 6) is 1.29. The third-order valence-electron chi connectivity index (χ3n) is 3.43. The summed E-state index contributed by atoms with van der Waals surface area (Å²) in [6.07, 6.45) is 1.20. The topological polar surface area (TPSA) is 62.2 Å². The standard InChI is InChI=1S/C13H23N5S.HI/c1-8(2)11-18-17-10(19-11)7-15-12(14-5)16-9-6-13(9,3)4;/h8-9H,6-7H2,1-5H3,(H2,14,15,16);1H. The lowest BCUT2D eigenvalue weighted by molar-refractivity contribution is 0.589. The fourth-order valence-corrected chi connectivity index (χ4v) is 2.59. The van der Waals surface area contributed by atoms with E-state index in [0.717, 1.165) is 16.0 Å². The average Bonchev–Trinajstić information content (AvgIpc) is 2.79. The molecule has 2 N–H and O–H groups in total. The lowest BCUT2D eigenvalue weighted by Gasteiger charge is -2.11. The Bertz CT molecular complexity index is 469. The molecule has 0 aliphatic heterocycles. The van der Waals surface area contributed by atoms with Crippen LogP contribution in [0.5, 0.6) is 0 Å². The van der Waals surface area contributed by atoms with Crippen molar-refractivity contribution in [2.75, 3.05) is 7.05 Å². The highest BCUT2D eigenvalue weighted by Crippen LogP contribution is 2.44. The van der Waals surface area contributed by atoms with Crippen LogP contribution in [-0.2, 0) is 6.54 Å². The Morgan fingerprint density at radius 2 is 2.10 bits per heavy atom. The molecule has 2 rings (SSSR count). The Morgan fingerprint density at radius 1 is 1.45 bits per heavy atom. The first kappa shape index (κ1) is 17.6. The Kier molecular flexibility index (Phi) is 6.18. The molecule has 7 heteroatoms. The second kappa shape index (κ2) is 7.02. The van der Waals surface area contributed by atoms with Gasteiger partial charge in [-0.2, -0.15) is 0 Å². The molecule has 0 bridgehead atoms. The van der Waals surface area contributed by atoms with Crippen molar-refractivity contribution in [3.8, 4) is 0 Å². The molecule has 20 heavy (non-hydrogen) atoms. The van der Waals surface area contributed by atoms with Crippen molar-refractivity contribution >= 4 is 41.3 Å². The number of rotatable bonds is 4. The van der Waals surface area contributed by atoms with E-state index in [1.165, 1.54) is 6.42 Å². The monoisotopic (exact) mass is 409 g/mol. The number of nitrogens with one attached hydrogen (secondary N) is 2. The second-order valence-electron chi connectivity index (χ2n) is 6.00. The van der Waals surface area contributed by atoms with Gasteiger partial charge in [-0.25, -0.2) is 0 Å². The first-order valence-electron chi connectivity index (χ1n) is 6.72. The molecule has 0 spiro atoms. The quantitative estimate of drug-likeness (QED) is 0.456. The Morgan fingerprint density at radius 3 is 2.55 bits per heavy atom. The van der Waals surface area contributed by atoms with Crippen LogP contribution in [0.15, 0.2) is 4.99 Å². The minimum Gasteiger partial charge on any atom is -0.353 e. The van der Waals surface area contributed by atoms with Crippen LogP contribution in [0.3, 0.4) is 0 Å². The van der Waals surface area contributed by atoms with Crippen LogP contribution in [0.4, 0.5) is 0 Å². The van der Waals surface area contributed by atoms with E-state index in [1.54, 1.807) is 18.4 Å². The Hall–Kier alpha value is -0.440. The van der Waals surface area contributed by atoms with Crippen molar-refractivity contribution in [3.63, 3.8) is 0 Å². The predicted molar refractivity (Wildman–Crippen MR) is 94.9 cm³/mol. The van der Waals surface area contributed by atoms with Gasteiger partial charge in [0.1, 0.15) is 10.0 Å². The minimum atomic E-state index is 0. The van der Waals surface area contributed by atoms with Gasteiger partial charge in [-0.3, -0.25) is 4.99 Å². The SMILES string of the molecule is CN=C(NCc1nnc(C(C)C)s1)NC1CC1(C)C.I. The van der Waals surface area contributed by atoms with E-state index in [4.69, 9.17) is 0 Å². The van der Waals surface area contributed by atoms with E-state index in [0.29, 0.717) is 23.9 Å². The highest BCUT2D eigenvalue weighted by molar-refractivity contribution is 14.0. The lowest BCUT2D eigenvalue weighted by atomic mass is 10.2. The van der Waals surface area contributed by atoms with E-state index < -0.39 is 0 Å². The zero-order valence-electron chi connectivity index (χ0n) is 12.7. The van der Waals surface area contributed by atoms with Gasteiger partial charge in [0.15, 0.2) is 5.96 Å². The smallest absolute Gasteiger partial charge is 0.191 e.